The standard InChI is InChI=1S/C6H14O3/c1-5(2)6(3,4)8-9-7/h5,7H,1-4H3. The van der Waals surface area contributed by atoms with Crippen molar-refractivity contribution in [2.45, 2.75) is 33.3 Å². The highest BCUT2D eigenvalue weighted by molar-refractivity contribution is 4.69. The second kappa shape index (κ2) is 3.15. The predicted octanol–water partition coefficient (Wildman–Crippen LogP) is 1.84. The van der Waals surface area contributed by atoms with Gasteiger partial charge in [0.25, 0.3) is 0 Å². The van der Waals surface area contributed by atoms with Crippen molar-refractivity contribution in [1.29, 1.82) is 0 Å². The molecule has 0 saturated heterocycles. The van der Waals surface area contributed by atoms with E-state index in [2.05, 4.69) is 9.93 Å². The quantitative estimate of drug-likeness (QED) is 0.473. The van der Waals surface area contributed by atoms with Crippen molar-refractivity contribution in [1.82, 2.24) is 0 Å². The monoisotopic (exact) mass is 134 g/mol. The molecule has 56 valence electrons. The van der Waals surface area contributed by atoms with Crippen LogP contribution in [0.5, 0.6) is 0 Å². The van der Waals surface area contributed by atoms with E-state index in [1.54, 1.807) is 0 Å². The summed E-state index contributed by atoms with van der Waals surface area (Å²) in [5.41, 5.74) is -0.422. The van der Waals surface area contributed by atoms with E-state index in [4.69, 9.17) is 5.26 Å². The zero-order valence-electron chi connectivity index (χ0n) is 6.34. The molecule has 0 fully saturated rings. The zero-order chi connectivity index (χ0) is 7.49. The highest BCUT2D eigenvalue weighted by atomic mass is 17.5. The minimum Gasteiger partial charge on any atom is -0.221 e. The van der Waals surface area contributed by atoms with Gasteiger partial charge in [-0.25, -0.2) is 10.1 Å². The second-order valence-corrected chi connectivity index (χ2v) is 2.92. The lowest BCUT2D eigenvalue weighted by molar-refractivity contribution is -0.525. The van der Waals surface area contributed by atoms with E-state index in [1.807, 2.05) is 27.7 Å². The lowest BCUT2D eigenvalue weighted by Gasteiger charge is -2.25. The molecule has 0 aliphatic heterocycles. The van der Waals surface area contributed by atoms with Gasteiger partial charge in [-0.15, -0.1) is 0 Å². The fraction of sp³-hybridized carbons (Fsp3) is 1.00. The Morgan fingerprint density at radius 2 is 1.78 bits per heavy atom. The summed E-state index contributed by atoms with van der Waals surface area (Å²) < 4.78 is 0. The Labute approximate surface area is 55.4 Å². The van der Waals surface area contributed by atoms with Crippen LogP contribution in [0.15, 0.2) is 0 Å². The zero-order valence-corrected chi connectivity index (χ0v) is 6.34. The van der Waals surface area contributed by atoms with Crippen molar-refractivity contribution in [3.63, 3.8) is 0 Å². The van der Waals surface area contributed by atoms with Gasteiger partial charge in [-0.1, -0.05) is 18.9 Å². The third-order valence-corrected chi connectivity index (χ3v) is 1.64. The lowest BCUT2D eigenvalue weighted by Crippen LogP contribution is -2.30. The van der Waals surface area contributed by atoms with Crippen LogP contribution in [-0.4, -0.2) is 10.9 Å². The van der Waals surface area contributed by atoms with Gasteiger partial charge in [0, 0.05) is 0 Å². The molecule has 0 radical (unpaired) electrons. The fourth-order valence-electron chi connectivity index (χ4n) is 0.192. The Balaban J connectivity index is 3.70. The Morgan fingerprint density at radius 1 is 1.33 bits per heavy atom. The van der Waals surface area contributed by atoms with Gasteiger partial charge >= 0.3 is 0 Å². The Bertz CT molecular complexity index is 78.4. The predicted molar refractivity (Wildman–Crippen MR) is 33.7 cm³/mol. The van der Waals surface area contributed by atoms with Crippen LogP contribution in [0.4, 0.5) is 0 Å². The van der Waals surface area contributed by atoms with Crippen molar-refractivity contribution in [3.8, 4) is 0 Å². The van der Waals surface area contributed by atoms with Gasteiger partial charge in [0.05, 0.1) is 0 Å². The third kappa shape index (κ3) is 2.79. The largest absolute Gasteiger partial charge is 0.221 e. The van der Waals surface area contributed by atoms with Gasteiger partial charge in [-0.2, -0.15) is 0 Å². The van der Waals surface area contributed by atoms with Crippen LogP contribution in [0.25, 0.3) is 0 Å². The van der Waals surface area contributed by atoms with Gasteiger partial charge in [-0.3, -0.25) is 0 Å². The Morgan fingerprint density at radius 3 is 1.89 bits per heavy atom. The van der Waals surface area contributed by atoms with Crippen LogP contribution in [0.1, 0.15) is 27.7 Å². The van der Waals surface area contributed by atoms with E-state index in [9.17, 15) is 0 Å². The molecule has 0 bridgehead atoms. The van der Waals surface area contributed by atoms with Gasteiger partial charge in [0.15, 0.2) is 0 Å². The smallest absolute Gasteiger partial charge is 0.103 e. The lowest BCUT2D eigenvalue weighted by atomic mass is 9.95. The van der Waals surface area contributed by atoms with Crippen molar-refractivity contribution >= 4 is 0 Å². The number of hydrogen-bond acceptors (Lipinski definition) is 3. The molecule has 0 atom stereocenters. The fourth-order valence-corrected chi connectivity index (χ4v) is 0.192. The minimum absolute atomic E-state index is 0.310. The van der Waals surface area contributed by atoms with Crippen molar-refractivity contribution in [2.75, 3.05) is 0 Å². The first-order chi connectivity index (χ1) is 4.00. The molecule has 0 aromatic heterocycles. The maximum absolute atomic E-state index is 7.93. The van der Waals surface area contributed by atoms with E-state index in [-0.39, 0.29) is 0 Å². The Hall–Kier alpha value is -0.120. The first-order valence-electron chi connectivity index (χ1n) is 3.00. The highest BCUT2D eigenvalue weighted by Crippen LogP contribution is 2.19. The van der Waals surface area contributed by atoms with Gasteiger partial charge in [0.1, 0.15) is 5.60 Å². The van der Waals surface area contributed by atoms with Crippen molar-refractivity contribution < 1.29 is 15.2 Å². The summed E-state index contributed by atoms with van der Waals surface area (Å²) >= 11 is 0. The maximum atomic E-state index is 7.93. The van der Waals surface area contributed by atoms with E-state index in [0.29, 0.717) is 5.92 Å². The molecule has 0 aliphatic carbocycles. The summed E-state index contributed by atoms with van der Waals surface area (Å²) in [7, 11) is 0. The van der Waals surface area contributed by atoms with Crippen LogP contribution in [0, 0.1) is 5.92 Å². The SMILES string of the molecule is CC(C)C(C)(C)OOO. The van der Waals surface area contributed by atoms with Crippen LogP contribution in [-0.2, 0) is 9.93 Å². The molecular formula is C6H14O3. The normalized spacial score (nSPS) is 12.7. The van der Waals surface area contributed by atoms with Gasteiger partial charge in [0.2, 0.25) is 0 Å². The molecule has 0 amide bonds. The summed E-state index contributed by atoms with van der Waals surface area (Å²) in [5, 5.41) is 11.5. The molecule has 0 aromatic carbocycles. The number of hydrogen-bond donors (Lipinski definition) is 1. The van der Waals surface area contributed by atoms with Crippen LogP contribution < -0.4 is 0 Å². The molecule has 1 N–H and O–H groups in total. The van der Waals surface area contributed by atoms with E-state index in [0.717, 1.165) is 0 Å². The average Bonchev–Trinajstić information content (AvgIpc) is 1.65. The molecule has 0 heterocycles. The molecule has 9 heavy (non-hydrogen) atoms. The van der Waals surface area contributed by atoms with Crippen LogP contribution in [0.2, 0.25) is 0 Å². The third-order valence-electron chi connectivity index (χ3n) is 1.64. The maximum Gasteiger partial charge on any atom is 0.103 e. The minimum atomic E-state index is -0.422. The molecule has 0 saturated carbocycles. The molecule has 0 spiro atoms. The molecule has 3 heteroatoms. The Kier molecular flexibility index (Phi) is 3.11. The van der Waals surface area contributed by atoms with Gasteiger partial charge < -0.3 is 0 Å². The summed E-state index contributed by atoms with van der Waals surface area (Å²) in [6.45, 7) is 7.65. The van der Waals surface area contributed by atoms with E-state index < -0.39 is 5.60 Å². The highest BCUT2D eigenvalue weighted by Gasteiger charge is 2.24. The van der Waals surface area contributed by atoms with E-state index >= 15 is 0 Å². The summed E-state index contributed by atoms with van der Waals surface area (Å²) in [6.07, 6.45) is 0. The van der Waals surface area contributed by atoms with Crippen molar-refractivity contribution in [2.24, 2.45) is 5.92 Å². The first kappa shape index (κ1) is 8.88. The molecule has 0 unspecified atom stereocenters. The van der Waals surface area contributed by atoms with Gasteiger partial charge in [-0.05, 0) is 19.8 Å². The summed E-state index contributed by atoms with van der Waals surface area (Å²) in [5.74, 6) is 0.310. The van der Waals surface area contributed by atoms with Crippen molar-refractivity contribution in [3.05, 3.63) is 0 Å². The van der Waals surface area contributed by atoms with Crippen LogP contribution >= 0.6 is 0 Å². The van der Waals surface area contributed by atoms with Crippen LogP contribution in [0.3, 0.4) is 0 Å². The molecule has 0 aliphatic rings. The summed E-state index contributed by atoms with van der Waals surface area (Å²) in [4.78, 5) is 4.55. The second-order valence-electron chi connectivity index (χ2n) is 2.92. The summed E-state index contributed by atoms with van der Waals surface area (Å²) in [6, 6.07) is 0. The first-order valence-corrected chi connectivity index (χ1v) is 3.00. The molecule has 0 rings (SSSR count). The number of rotatable bonds is 3. The average molecular weight is 134 g/mol. The molecule has 3 nitrogen and oxygen atoms in total. The molecular weight excluding hydrogens is 120 g/mol. The topological polar surface area (TPSA) is 38.7 Å². The van der Waals surface area contributed by atoms with E-state index in [1.165, 1.54) is 0 Å². The molecule has 0 aromatic rings.